The molecule has 35 heavy (non-hydrogen) atoms. The van der Waals surface area contributed by atoms with Crippen LogP contribution in [-0.4, -0.2) is 34.5 Å². The number of para-hydroxylation sites is 2. The average Bonchev–Trinajstić information content (AvgIpc) is 3.43. The van der Waals surface area contributed by atoms with Gasteiger partial charge in [-0.3, -0.25) is 9.59 Å². The maximum Gasteiger partial charge on any atom is 0.262 e. The van der Waals surface area contributed by atoms with Crippen LogP contribution in [0.3, 0.4) is 0 Å². The van der Waals surface area contributed by atoms with E-state index in [4.69, 9.17) is 9.47 Å². The fourth-order valence-corrected chi connectivity index (χ4v) is 5.12. The van der Waals surface area contributed by atoms with Crippen molar-refractivity contribution in [3.05, 3.63) is 88.0 Å². The summed E-state index contributed by atoms with van der Waals surface area (Å²) >= 11 is 0. The second-order valence-electron chi connectivity index (χ2n) is 8.58. The Morgan fingerprint density at radius 2 is 1.69 bits per heavy atom. The first kappa shape index (κ1) is 21.2. The molecule has 0 bridgehead atoms. The number of hydrogen-bond donors (Lipinski definition) is 1. The van der Waals surface area contributed by atoms with Gasteiger partial charge in [-0.05, 0) is 30.7 Å². The SMILES string of the molecule is COc1ccc2c3c(n(CCCc4nc5ccccc5[nH]4)c(=O)c2c1OC)-c1ccccc1C3=O. The fourth-order valence-electron chi connectivity index (χ4n) is 5.12. The summed E-state index contributed by atoms with van der Waals surface area (Å²) in [6.07, 6.45) is 1.33. The van der Waals surface area contributed by atoms with Gasteiger partial charge in [0.05, 0.1) is 41.9 Å². The van der Waals surface area contributed by atoms with Crippen LogP contribution in [0.25, 0.3) is 33.1 Å². The first-order chi connectivity index (χ1) is 17.1. The molecular formula is C28H23N3O4. The Hall–Kier alpha value is -4.39. The van der Waals surface area contributed by atoms with Gasteiger partial charge in [0.25, 0.3) is 5.56 Å². The highest BCUT2D eigenvalue weighted by Gasteiger charge is 2.33. The maximum atomic E-state index is 13.9. The molecule has 0 saturated heterocycles. The van der Waals surface area contributed by atoms with Crippen LogP contribution in [0.2, 0.25) is 0 Å². The van der Waals surface area contributed by atoms with E-state index in [1.807, 2.05) is 48.5 Å². The number of pyridine rings is 1. The van der Waals surface area contributed by atoms with E-state index < -0.39 is 0 Å². The highest BCUT2D eigenvalue weighted by atomic mass is 16.5. The number of nitrogens with one attached hydrogen (secondary N) is 1. The van der Waals surface area contributed by atoms with Crippen molar-refractivity contribution in [1.29, 1.82) is 0 Å². The quantitative estimate of drug-likeness (QED) is 0.384. The zero-order chi connectivity index (χ0) is 24.1. The Balaban J connectivity index is 1.50. The molecule has 7 heteroatoms. The van der Waals surface area contributed by atoms with Crippen LogP contribution in [0.15, 0.2) is 65.5 Å². The molecule has 0 fully saturated rings. The predicted octanol–water partition coefficient (Wildman–Crippen LogP) is 4.74. The van der Waals surface area contributed by atoms with Crippen LogP contribution >= 0.6 is 0 Å². The monoisotopic (exact) mass is 465 g/mol. The molecule has 2 heterocycles. The Morgan fingerprint density at radius 1 is 0.914 bits per heavy atom. The molecule has 1 aliphatic rings. The third-order valence-corrected chi connectivity index (χ3v) is 6.67. The van der Waals surface area contributed by atoms with Crippen molar-refractivity contribution in [3.63, 3.8) is 0 Å². The lowest BCUT2D eigenvalue weighted by atomic mass is 10.0. The average molecular weight is 466 g/mol. The van der Waals surface area contributed by atoms with Crippen molar-refractivity contribution in [2.24, 2.45) is 0 Å². The van der Waals surface area contributed by atoms with Gasteiger partial charge in [-0.25, -0.2) is 4.98 Å². The second-order valence-corrected chi connectivity index (χ2v) is 8.58. The lowest BCUT2D eigenvalue weighted by Crippen LogP contribution is -2.24. The summed E-state index contributed by atoms with van der Waals surface area (Å²) in [5.41, 5.74) is 4.29. The predicted molar refractivity (Wildman–Crippen MR) is 135 cm³/mol. The van der Waals surface area contributed by atoms with Crippen LogP contribution in [0.4, 0.5) is 0 Å². The van der Waals surface area contributed by atoms with E-state index in [9.17, 15) is 9.59 Å². The summed E-state index contributed by atoms with van der Waals surface area (Å²) in [6, 6.07) is 18.9. The molecule has 174 valence electrons. The molecule has 0 spiro atoms. The second kappa shape index (κ2) is 8.13. The van der Waals surface area contributed by atoms with Crippen molar-refractivity contribution in [3.8, 4) is 22.8 Å². The number of aromatic amines is 1. The highest BCUT2D eigenvalue weighted by molar-refractivity contribution is 6.27. The molecule has 0 unspecified atom stereocenters. The number of ketones is 1. The Morgan fingerprint density at radius 3 is 2.46 bits per heavy atom. The lowest BCUT2D eigenvalue weighted by Gasteiger charge is -2.17. The highest BCUT2D eigenvalue weighted by Crippen LogP contribution is 2.43. The molecule has 0 aliphatic heterocycles. The van der Waals surface area contributed by atoms with E-state index >= 15 is 0 Å². The van der Waals surface area contributed by atoms with Gasteiger partial charge in [0.2, 0.25) is 0 Å². The number of carbonyl (C=O) groups excluding carboxylic acids is 1. The standard InChI is InChI=1S/C28H23N3O4/c1-34-21-14-13-18-23-25(16-8-3-4-9-17(16)26(23)32)31(28(33)24(18)27(21)35-2)15-7-12-22-29-19-10-5-6-11-20(19)30-22/h3-6,8-11,13-14H,7,12,15H2,1-2H3,(H,29,30). The molecule has 0 amide bonds. The van der Waals surface area contributed by atoms with Gasteiger partial charge < -0.3 is 19.0 Å². The number of methoxy groups -OCH3 is 2. The van der Waals surface area contributed by atoms with Gasteiger partial charge in [-0.2, -0.15) is 0 Å². The molecule has 2 aromatic heterocycles. The molecule has 3 aromatic carbocycles. The van der Waals surface area contributed by atoms with Crippen molar-refractivity contribution in [2.75, 3.05) is 14.2 Å². The zero-order valence-corrected chi connectivity index (χ0v) is 19.4. The van der Waals surface area contributed by atoms with Crippen molar-refractivity contribution in [1.82, 2.24) is 14.5 Å². The van der Waals surface area contributed by atoms with Gasteiger partial charge in [0.15, 0.2) is 17.3 Å². The molecule has 1 aliphatic carbocycles. The molecule has 1 N–H and O–H groups in total. The smallest absolute Gasteiger partial charge is 0.262 e. The Bertz CT molecular complexity index is 1660. The van der Waals surface area contributed by atoms with Crippen LogP contribution in [0.1, 0.15) is 28.2 Å². The number of benzene rings is 3. The minimum absolute atomic E-state index is 0.0844. The number of fused-ring (bicyclic) bond motifs is 6. The molecule has 0 radical (unpaired) electrons. The van der Waals surface area contributed by atoms with Gasteiger partial charge in [0, 0.05) is 29.5 Å². The van der Waals surface area contributed by atoms with E-state index in [-0.39, 0.29) is 11.3 Å². The summed E-state index contributed by atoms with van der Waals surface area (Å²) in [5, 5.41) is 0.938. The van der Waals surface area contributed by atoms with Gasteiger partial charge >= 0.3 is 0 Å². The molecule has 0 atom stereocenters. The summed E-state index contributed by atoms with van der Waals surface area (Å²) < 4.78 is 12.8. The number of ether oxygens (including phenoxy) is 2. The van der Waals surface area contributed by atoms with E-state index in [0.29, 0.717) is 58.5 Å². The first-order valence-electron chi connectivity index (χ1n) is 11.5. The number of carbonyl (C=O) groups is 1. The summed E-state index contributed by atoms with van der Waals surface area (Å²) in [4.78, 5) is 35.4. The van der Waals surface area contributed by atoms with Crippen LogP contribution in [0, 0.1) is 0 Å². The number of aryl methyl sites for hydroxylation is 1. The topological polar surface area (TPSA) is 86.2 Å². The molecule has 7 nitrogen and oxygen atoms in total. The minimum Gasteiger partial charge on any atom is -0.493 e. The molecule has 0 saturated carbocycles. The third-order valence-electron chi connectivity index (χ3n) is 6.67. The Labute approximate surface area is 201 Å². The summed E-state index contributed by atoms with van der Waals surface area (Å²) in [5.74, 6) is 1.58. The lowest BCUT2D eigenvalue weighted by molar-refractivity contribution is 0.104. The van der Waals surface area contributed by atoms with Crippen LogP contribution in [0.5, 0.6) is 11.5 Å². The number of rotatable bonds is 6. The van der Waals surface area contributed by atoms with E-state index in [2.05, 4.69) is 9.97 Å². The maximum absolute atomic E-state index is 13.9. The normalized spacial score (nSPS) is 12.2. The number of H-pyrrole nitrogens is 1. The number of nitrogens with zero attached hydrogens (tertiary/aromatic N) is 2. The van der Waals surface area contributed by atoms with Crippen LogP contribution in [-0.2, 0) is 13.0 Å². The molecular weight excluding hydrogens is 442 g/mol. The van der Waals surface area contributed by atoms with E-state index in [0.717, 1.165) is 22.4 Å². The molecule has 5 aromatic rings. The largest absolute Gasteiger partial charge is 0.493 e. The van der Waals surface area contributed by atoms with E-state index in [1.54, 1.807) is 16.7 Å². The third kappa shape index (κ3) is 3.15. The van der Waals surface area contributed by atoms with Gasteiger partial charge in [-0.15, -0.1) is 0 Å². The van der Waals surface area contributed by atoms with Crippen molar-refractivity contribution >= 4 is 27.6 Å². The van der Waals surface area contributed by atoms with Gasteiger partial charge in [-0.1, -0.05) is 36.4 Å². The van der Waals surface area contributed by atoms with Crippen LogP contribution < -0.4 is 15.0 Å². The number of aromatic nitrogens is 3. The van der Waals surface area contributed by atoms with E-state index in [1.165, 1.54) is 14.2 Å². The minimum atomic E-state index is -0.205. The fraction of sp³-hybridized carbons (Fsp3) is 0.179. The van der Waals surface area contributed by atoms with Crippen molar-refractivity contribution < 1.29 is 14.3 Å². The zero-order valence-electron chi connectivity index (χ0n) is 19.4. The summed E-state index contributed by atoms with van der Waals surface area (Å²) in [7, 11) is 3.04. The number of imidazole rings is 1. The first-order valence-corrected chi connectivity index (χ1v) is 11.5. The van der Waals surface area contributed by atoms with Crippen molar-refractivity contribution in [2.45, 2.75) is 19.4 Å². The number of hydrogen-bond acceptors (Lipinski definition) is 5. The Kier molecular flexibility index (Phi) is 4.91. The molecule has 6 rings (SSSR count). The van der Waals surface area contributed by atoms with Gasteiger partial charge in [0.1, 0.15) is 5.82 Å². The summed E-state index contributed by atoms with van der Waals surface area (Å²) in [6.45, 7) is 0.427.